The van der Waals surface area contributed by atoms with Gasteiger partial charge in [-0.15, -0.1) is 0 Å². The van der Waals surface area contributed by atoms with Crippen molar-refractivity contribution in [1.82, 2.24) is 0 Å². The molecule has 0 saturated carbocycles. The molecule has 3 heteroatoms. The fourth-order valence-electron chi connectivity index (χ4n) is 2.56. The van der Waals surface area contributed by atoms with Gasteiger partial charge in [0.25, 0.3) is 0 Å². The lowest BCUT2D eigenvalue weighted by Gasteiger charge is -2.34. The first-order valence-corrected chi connectivity index (χ1v) is 7.60. The Bertz CT molecular complexity index is 359. The molecule has 17 heavy (non-hydrogen) atoms. The van der Waals surface area contributed by atoms with Crippen LogP contribution in [0.4, 0.5) is 0 Å². The zero-order chi connectivity index (χ0) is 12.1. The van der Waals surface area contributed by atoms with Crippen LogP contribution in [-0.4, -0.2) is 27.2 Å². The number of hydrogen-bond acceptors (Lipinski definition) is 2. The minimum absolute atomic E-state index is 0.211. The van der Waals surface area contributed by atoms with Gasteiger partial charge in [-0.2, -0.15) is 0 Å². The highest BCUT2D eigenvalue weighted by atomic mass is 28.1. The maximum absolute atomic E-state index is 9.69. The molecule has 0 bridgehead atoms. The Morgan fingerprint density at radius 3 is 2.82 bits per heavy atom. The van der Waals surface area contributed by atoms with Gasteiger partial charge in [-0.25, -0.2) is 0 Å². The lowest BCUT2D eigenvalue weighted by molar-refractivity contribution is -0.0236. The van der Waals surface area contributed by atoms with Crippen molar-refractivity contribution in [3.8, 4) is 5.75 Å². The maximum Gasteiger partial charge on any atom is 0.118 e. The molecule has 94 valence electrons. The molecule has 0 aromatic heterocycles. The van der Waals surface area contributed by atoms with Crippen LogP contribution in [-0.2, 0) is 11.2 Å². The smallest absolute Gasteiger partial charge is 0.118 e. The van der Waals surface area contributed by atoms with E-state index in [0.717, 1.165) is 41.7 Å². The quantitative estimate of drug-likeness (QED) is 0.828. The predicted molar refractivity (Wildman–Crippen MR) is 73.5 cm³/mol. The largest absolute Gasteiger partial charge is 0.508 e. The van der Waals surface area contributed by atoms with Crippen molar-refractivity contribution in [2.24, 2.45) is 0 Å². The molecule has 1 N–H and O–H groups in total. The highest BCUT2D eigenvalue weighted by Crippen LogP contribution is 2.27. The van der Waals surface area contributed by atoms with Gasteiger partial charge in [0.1, 0.15) is 5.75 Å². The number of para-hydroxylation sites is 1. The molecular weight excluding hydrogens is 228 g/mol. The molecule has 0 spiro atoms. The molecule has 1 aliphatic rings. The Morgan fingerprint density at radius 1 is 1.29 bits per heavy atom. The van der Waals surface area contributed by atoms with Crippen LogP contribution in [0.5, 0.6) is 5.75 Å². The average Bonchev–Trinajstić information content (AvgIpc) is 2.32. The van der Waals surface area contributed by atoms with Crippen molar-refractivity contribution in [1.29, 1.82) is 0 Å². The lowest BCUT2D eigenvalue weighted by Crippen LogP contribution is -2.36. The summed E-state index contributed by atoms with van der Waals surface area (Å²) < 4.78 is 5.93. The minimum Gasteiger partial charge on any atom is -0.508 e. The van der Waals surface area contributed by atoms with Crippen LogP contribution in [0, 0.1) is 0 Å². The number of hydrogen-bond donors (Lipinski definition) is 1. The monoisotopic (exact) mass is 250 g/mol. The number of phenols is 1. The van der Waals surface area contributed by atoms with Crippen LogP contribution in [0.15, 0.2) is 24.3 Å². The van der Waals surface area contributed by atoms with Gasteiger partial charge in [0.05, 0.1) is 0 Å². The third-order valence-electron chi connectivity index (χ3n) is 3.69. The zero-order valence-corrected chi connectivity index (χ0v) is 12.6. The van der Waals surface area contributed by atoms with Crippen molar-refractivity contribution >= 4 is 10.2 Å². The number of phenolic OH excluding ortho intramolecular Hbond substituents is 1. The Balaban J connectivity index is 1.81. The highest BCUT2D eigenvalue weighted by molar-refractivity contribution is 6.14. The summed E-state index contributed by atoms with van der Waals surface area (Å²) in [6.07, 6.45) is 7.00. The molecule has 1 saturated heterocycles. The Kier molecular flexibility index (Phi) is 4.24. The molecule has 1 fully saturated rings. The second kappa shape index (κ2) is 5.69. The maximum atomic E-state index is 9.69. The summed E-state index contributed by atoms with van der Waals surface area (Å²) in [5.41, 5.74) is 1.06. The van der Waals surface area contributed by atoms with Gasteiger partial charge in [0, 0.05) is 22.1 Å². The number of rotatable bonds is 4. The van der Waals surface area contributed by atoms with Gasteiger partial charge in [0.2, 0.25) is 0 Å². The first-order valence-electron chi connectivity index (χ1n) is 6.60. The second-order valence-corrected chi connectivity index (χ2v) is 7.06. The van der Waals surface area contributed by atoms with Crippen LogP contribution in [0.25, 0.3) is 0 Å². The standard InChI is InChI=1S/C14H22O2Si/c15-13-8-2-1-6-12(13)7-5-10-14(17)9-3-4-11-16-14/h1-2,6,8,15H,3-5,7,9-11H2,17H3. The third-order valence-corrected chi connectivity index (χ3v) is 4.98. The van der Waals surface area contributed by atoms with E-state index in [1.807, 2.05) is 18.2 Å². The van der Waals surface area contributed by atoms with E-state index in [1.165, 1.54) is 19.3 Å². The summed E-state index contributed by atoms with van der Waals surface area (Å²) >= 11 is 0. The van der Waals surface area contributed by atoms with E-state index < -0.39 is 0 Å². The number of aryl methyl sites for hydroxylation is 1. The van der Waals surface area contributed by atoms with Crippen LogP contribution >= 0.6 is 0 Å². The van der Waals surface area contributed by atoms with Crippen molar-refractivity contribution in [2.45, 2.75) is 43.7 Å². The number of ether oxygens (including phenoxy) is 1. The van der Waals surface area contributed by atoms with E-state index >= 15 is 0 Å². The first kappa shape index (κ1) is 12.6. The lowest BCUT2D eigenvalue weighted by atomic mass is 10.00. The van der Waals surface area contributed by atoms with E-state index in [2.05, 4.69) is 0 Å². The van der Waals surface area contributed by atoms with E-state index in [9.17, 15) is 5.11 Å². The summed E-state index contributed by atoms with van der Waals surface area (Å²) in [6.45, 7) is 0.945. The molecule has 1 heterocycles. The van der Waals surface area contributed by atoms with E-state index in [4.69, 9.17) is 4.74 Å². The zero-order valence-electron chi connectivity index (χ0n) is 10.6. The molecule has 0 radical (unpaired) electrons. The predicted octanol–water partition coefficient (Wildman–Crippen LogP) is 1.98. The molecule has 1 aromatic carbocycles. The Hall–Kier alpha value is -0.803. The van der Waals surface area contributed by atoms with E-state index in [1.54, 1.807) is 6.07 Å². The van der Waals surface area contributed by atoms with Gasteiger partial charge >= 0.3 is 0 Å². The van der Waals surface area contributed by atoms with Gasteiger partial charge in [0.15, 0.2) is 0 Å². The Morgan fingerprint density at radius 2 is 2.12 bits per heavy atom. The fourth-order valence-corrected chi connectivity index (χ4v) is 3.48. The minimum atomic E-state index is 0.211. The van der Waals surface area contributed by atoms with Crippen molar-refractivity contribution in [2.75, 3.05) is 6.61 Å². The van der Waals surface area contributed by atoms with Crippen molar-refractivity contribution in [3.63, 3.8) is 0 Å². The summed E-state index contributed by atoms with van der Waals surface area (Å²) in [6, 6.07) is 7.64. The van der Waals surface area contributed by atoms with Gasteiger partial charge in [-0.1, -0.05) is 18.2 Å². The molecule has 2 nitrogen and oxygen atoms in total. The van der Waals surface area contributed by atoms with E-state index in [0.29, 0.717) is 5.75 Å². The van der Waals surface area contributed by atoms with Gasteiger partial charge < -0.3 is 9.84 Å². The molecule has 1 unspecified atom stereocenters. The molecule has 0 aliphatic carbocycles. The summed E-state index contributed by atoms with van der Waals surface area (Å²) in [5.74, 6) is 0.430. The van der Waals surface area contributed by atoms with Crippen molar-refractivity contribution < 1.29 is 9.84 Å². The van der Waals surface area contributed by atoms with Crippen molar-refractivity contribution in [3.05, 3.63) is 29.8 Å². The third kappa shape index (κ3) is 3.58. The SMILES string of the molecule is Oc1ccccc1CCCC1([SiH3])CCCCO1. The van der Waals surface area contributed by atoms with Gasteiger partial charge in [-0.3, -0.25) is 0 Å². The molecule has 1 aromatic rings. The van der Waals surface area contributed by atoms with Gasteiger partial charge in [-0.05, 0) is 50.2 Å². The van der Waals surface area contributed by atoms with Crippen LogP contribution in [0.2, 0.25) is 0 Å². The van der Waals surface area contributed by atoms with Crippen LogP contribution in [0.3, 0.4) is 0 Å². The molecule has 2 rings (SSSR count). The Labute approximate surface area is 106 Å². The second-order valence-electron chi connectivity index (χ2n) is 5.24. The topological polar surface area (TPSA) is 29.5 Å². The fraction of sp³-hybridized carbons (Fsp3) is 0.571. The molecular formula is C14H22O2Si. The van der Waals surface area contributed by atoms with E-state index in [-0.39, 0.29) is 5.22 Å². The first-order chi connectivity index (χ1) is 8.20. The molecule has 0 amide bonds. The van der Waals surface area contributed by atoms with Crippen LogP contribution in [0.1, 0.15) is 37.7 Å². The molecule has 1 atom stereocenters. The summed E-state index contributed by atoms with van der Waals surface area (Å²) in [5, 5.41) is 9.90. The normalized spacial score (nSPS) is 24.9. The number of benzene rings is 1. The molecule has 1 aliphatic heterocycles. The highest BCUT2D eigenvalue weighted by Gasteiger charge is 2.26. The summed E-state index contributed by atoms with van der Waals surface area (Å²) in [7, 11) is 1.12. The summed E-state index contributed by atoms with van der Waals surface area (Å²) in [4.78, 5) is 0. The van der Waals surface area contributed by atoms with Crippen LogP contribution < -0.4 is 0 Å². The number of aromatic hydroxyl groups is 1. The average molecular weight is 250 g/mol.